The van der Waals surface area contributed by atoms with Gasteiger partial charge < -0.3 is 9.84 Å². The van der Waals surface area contributed by atoms with Gasteiger partial charge in [0.15, 0.2) is 0 Å². The Balaban J connectivity index is 2.42. The van der Waals surface area contributed by atoms with Crippen LogP contribution in [0.4, 0.5) is 8.78 Å². The summed E-state index contributed by atoms with van der Waals surface area (Å²) in [5.41, 5.74) is 0. The Hall–Kier alpha value is -0.710. The van der Waals surface area contributed by atoms with Crippen LogP contribution in [0.25, 0.3) is 0 Å². The molecule has 0 aromatic heterocycles. The first kappa shape index (κ1) is 11.4. The van der Waals surface area contributed by atoms with E-state index in [-0.39, 0.29) is 12.5 Å². The van der Waals surface area contributed by atoms with Crippen molar-refractivity contribution < 1.29 is 23.4 Å². The Morgan fingerprint density at radius 2 is 2.00 bits per heavy atom. The van der Waals surface area contributed by atoms with Crippen LogP contribution in [0.15, 0.2) is 0 Å². The van der Waals surface area contributed by atoms with Crippen LogP contribution < -0.4 is 0 Å². The third-order valence-electron chi connectivity index (χ3n) is 2.69. The molecule has 0 bridgehead atoms. The Morgan fingerprint density at radius 3 is 2.43 bits per heavy atom. The van der Waals surface area contributed by atoms with E-state index in [0.29, 0.717) is 0 Å². The van der Waals surface area contributed by atoms with Crippen molar-refractivity contribution in [2.45, 2.75) is 32.3 Å². The Morgan fingerprint density at radius 1 is 1.43 bits per heavy atom. The maximum absolute atomic E-state index is 11.7. The van der Waals surface area contributed by atoms with Gasteiger partial charge in [0.1, 0.15) is 0 Å². The molecule has 0 radical (unpaired) electrons. The van der Waals surface area contributed by atoms with Crippen molar-refractivity contribution in [1.82, 2.24) is 0 Å². The third-order valence-corrected chi connectivity index (χ3v) is 2.69. The van der Waals surface area contributed by atoms with E-state index in [1.165, 1.54) is 0 Å². The van der Waals surface area contributed by atoms with Gasteiger partial charge in [0.25, 0.3) is 0 Å². The average Bonchev–Trinajstić information content (AvgIpc) is 2.56. The van der Waals surface area contributed by atoms with Crippen LogP contribution in [-0.4, -0.2) is 24.3 Å². The average molecular weight is 208 g/mol. The molecule has 0 spiro atoms. The maximum Gasteiger partial charge on any atom is 0.345 e. The predicted octanol–water partition coefficient (Wildman–Crippen LogP) is 2.12. The molecule has 1 saturated carbocycles. The first-order chi connectivity index (χ1) is 6.61. The number of carbonyl (C=O) groups is 1. The summed E-state index contributed by atoms with van der Waals surface area (Å²) >= 11 is 0. The van der Waals surface area contributed by atoms with Crippen molar-refractivity contribution in [2.24, 2.45) is 11.8 Å². The summed E-state index contributed by atoms with van der Waals surface area (Å²) in [6.45, 7) is -3.25. The topological polar surface area (TPSA) is 46.5 Å². The van der Waals surface area contributed by atoms with E-state index in [1.807, 2.05) is 0 Å². The zero-order valence-corrected chi connectivity index (χ0v) is 7.79. The highest BCUT2D eigenvalue weighted by Gasteiger charge is 2.31. The maximum atomic E-state index is 11.7. The molecule has 5 heteroatoms. The van der Waals surface area contributed by atoms with Gasteiger partial charge in [-0.15, -0.1) is 0 Å². The second-order valence-electron chi connectivity index (χ2n) is 3.58. The summed E-state index contributed by atoms with van der Waals surface area (Å²) in [5.74, 6) is -1.80. The molecule has 0 aliphatic heterocycles. The number of halogens is 2. The molecule has 0 aromatic carbocycles. The molecule has 1 atom stereocenters. The second kappa shape index (κ2) is 5.24. The lowest BCUT2D eigenvalue weighted by Crippen LogP contribution is -2.27. The molecule has 1 unspecified atom stereocenters. The van der Waals surface area contributed by atoms with Gasteiger partial charge in [-0.25, -0.2) is 0 Å². The smallest absolute Gasteiger partial charge is 0.345 e. The molecule has 1 rings (SSSR count). The van der Waals surface area contributed by atoms with Crippen LogP contribution in [0.5, 0.6) is 0 Å². The van der Waals surface area contributed by atoms with E-state index < -0.39 is 18.5 Å². The third kappa shape index (κ3) is 3.21. The highest BCUT2D eigenvalue weighted by atomic mass is 19.3. The minimum absolute atomic E-state index is 0.00579. The van der Waals surface area contributed by atoms with Crippen LogP contribution in [0.1, 0.15) is 25.7 Å². The molecule has 82 valence electrons. The number of rotatable bonds is 5. The van der Waals surface area contributed by atoms with Crippen molar-refractivity contribution in [3.05, 3.63) is 0 Å². The minimum atomic E-state index is -2.88. The second-order valence-corrected chi connectivity index (χ2v) is 3.58. The van der Waals surface area contributed by atoms with Crippen molar-refractivity contribution in [2.75, 3.05) is 6.61 Å². The molecule has 1 fully saturated rings. The molecular weight excluding hydrogens is 194 g/mol. The summed E-state index contributed by atoms with van der Waals surface area (Å²) in [5, 5.41) is 8.82. The van der Waals surface area contributed by atoms with Gasteiger partial charge in [0.05, 0.1) is 12.5 Å². The Bertz CT molecular complexity index is 190. The van der Waals surface area contributed by atoms with Crippen molar-refractivity contribution in [3.8, 4) is 0 Å². The fraction of sp³-hybridized carbons (Fsp3) is 0.889. The van der Waals surface area contributed by atoms with Crippen molar-refractivity contribution >= 4 is 5.97 Å². The number of aliphatic carboxylic acids is 1. The molecule has 0 amide bonds. The van der Waals surface area contributed by atoms with Gasteiger partial charge >= 0.3 is 12.6 Å². The van der Waals surface area contributed by atoms with Gasteiger partial charge in [-0.1, -0.05) is 12.8 Å². The van der Waals surface area contributed by atoms with Gasteiger partial charge in [0, 0.05) is 0 Å². The number of ether oxygens (including phenoxy) is 1. The standard InChI is InChI=1S/C9H14F2O3/c10-9(11)14-5-7(8(12)13)6-3-1-2-4-6/h6-7,9H,1-5H2,(H,12,13). The molecule has 0 saturated heterocycles. The normalized spacial score (nSPS) is 20.2. The van der Waals surface area contributed by atoms with E-state index in [4.69, 9.17) is 5.11 Å². The van der Waals surface area contributed by atoms with Crippen molar-refractivity contribution in [3.63, 3.8) is 0 Å². The summed E-state index contributed by atoms with van der Waals surface area (Å²) in [4.78, 5) is 10.8. The molecular formula is C9H14F2O3. The molecule has 0 heterocycles. The number of hydrogen-bond donors (Lipinski definition) is 1. The molecule has 3 nitrogen and oxygen atoms in total. The summed E-state index contributed by atoms with van der Waals surface area (Å²) in [6, 6.07) is 0. The van der Waals surface area contributed by atoms with E-state index in [0.717, 1.165) is 25.7 Å². The molecule has 1 aliphatic rings. The van der Waals surface area contributed by atoms with E-state index in [9.17, 15) is 13.6 Å². The van der Waals surface area contributed by atoms with Crippen LogP contribution >= 0.6 is 0 Å². The van der Waals surface area contributed by atoms with Crippen molar-refractivity contribution in [1.29, 1.82) is 0 Å². The lowest BCUT2D eigenvalue weighted by Gasteiger charge is -2.18. The van der Waals surface area contributed by atoms with Gasteiger partial charge in [-0.2, -0.15) is 8.78 Å². The SMILES string of the molecule is O=C(O)C(COC(F)F)C1CCCC1. The number of alkyl halides is 2. The number of hydrogen-bond acceptors (Lipinski definition) is 2. The van der Waals surface area contributed by atoms with Gasteiger partial charge in [0.2, 0.25) is 0 Å². The quantitative estimate of drug-likeness (QED) is 0.752. The summed E-state index contributed by atoms with van der Waals surface area (Å²) in [6.07, 6.45) is 3.60. The van der Waals surface area contributed by atoms with Gasteiger partial charge in [-0.3, -0.25) is 4.79 Å². The summed E-state index contributed by atoms with van der Waals surface area (Å²) in [7, 11) is 0. The molecule has 0 aromatic rings. The summed E-state index contributed by atoms with van der Waals surface area (Å²) < 4.78 is 27.5. The fourth-order valence-corrected chi connectivity index (χ4v) is 1.95. The highest BCUT2D eigenvalue weighted by Crippen LogP contribution is 2.31. The number of carboxylic acid groups (broad SMARTS) is 1. The van der Waals surface area contributed by atoms with E-state index >= 15 is 0 Å². The van der Waals surface area contributed by atoms with E-state index in [1.54, 1.807) is 0 Å². The lowest BCUT2D eigenvalue weighted by atomic mass is 9.92. The zero-order chi connectivity index (χ0) is 10.6. The number of carboxylic acids is 1. The van der Waals surface area contributed by atoms with Crippen LogP contribution in [0.2, 0.25) is 0 Å². The van der Waals surface area contributed by atoms with Crippen LogP contribution in [0, 0.1) is 11.8 Å². The van der Waals surface area contributed by atoms with Crippen LogP contribution in [-0.2, 0) is 9.53 Å². The largest absolute Gasteiger partial charge is 0.481 e. The molecule has 1 aliphatic carbocycles. The highest BCUT2D eigenvalue weighted by molar-refractivity contribution is 5.70. The fourth-order valence-electron chi connectivity index (χ4n) is 1.95. The molecule has 1 N–H and O–H groups in total. The first-order valence-electron chi connectivity index (χ1n) is 4.74. The van der Waals surface area contributed by atoms with E-state index in [2.05, 4.69) is 4.74 Å². The monoisotopic (exact) mass is 208 g/mol. The lowest BCUT2D eigenvalue weighted by molar-refractivity contribution is -0.162. The minimum Gasteiger partial charge on any atom is -0.481 e. The van der Waals surface area contributed by atoms with Gasteiger partial charge in [-0.05, 0) is 18.8 Å². The first-order valence-corrected chi connectivity index (χ1v) is 4.74. The Labute approximate surface area is 81.1 Å². The predicted molar refractivity (Wildman–Crippen MR) is 45.0 cm³/mol. The zero-order valence-electron chi connectivity index (χ0n) is 7.79. The Kier molecular flexibility index (Phi) is 4.25. The van der Waals surface area contributed by atoms with Crippen LogP contribution in [0.3, 0.4) is 0 Å². The molecule has 14 heavy (non-hydrogen) atoms.